The van der Waals surface area contributed by atoms with Crippen LogP contribution >= 0.6 is 24.8 Å². The molecular formula is C24H35Cl2N3O. The maximum absolute atomic E-state index is 12.8. The lowest BCUT2D eigenvalue weighted by Gasteiger charge is -2.35. The lowest BCUT2D eigenvalue weighted by Crippen LogP contribution is -2.46. The summed E-state index contributed by atoms with van der Waals surface area (Å²) in [5.74, 6) is 0.806. The van der Waals surface area contributed by atoms with Crippen LogP contribution in [0.2, 0.25) is 0 Å². The predicted molar refractivity (Wildman–Crippen MR) is 131 cm³/mol. The molecule has 30 heavy (non-hydrogen) atoms. The number of carbonyl (C=O) groups excluding carboxylic acids is 1. The van der Waals surface area contributed by atoms with E-state index in [1.165, 1.54) is 5.56 Å². The number of rotatable bonds is 8. The molecule has 1 heterocycles. The van der Waals surface area contributed by atoms with Gasteiger partial charge in [0.1, 0.15) is 0 Å². The summed E-state index contributed by atoms with van der Waals surface area (Å²) in [5, 5.41) is 6.48. The minimum absolute atomic E-state index is 0. The number of para-hydroxylation sites is 1. The summed E-state index contributed by atoms with van der Waals surface area (Å²) in [7, 11) is 0. The van der Waals surface area contributed by atoms with E-state index in [0.717, 1.165) is 62.6 Å². The average Bonchev–Trinajstić information content (AvgIpc) is 2.74. The Morgan fingerprint density at radius 1 is 1.03 bits per heavy atom. The van der Waals surface area contributed by atoms with Gasteiger partial charge in [-0.1, -0.05) is 55.5 Å². The second-order valence-corrected chi connectivity index (χ2v) is 7.77. The highest BCUT2D eigenvalue weighted by Gasteiger charge is 2.27. The number of hydrogen-bond donors (Lipinski definition) is 2. The molecule has 0 spiro atoms. The van der Waals surface area contributed by atoms with Gasteiger partial charge in [-0.15, -0.1) is 24.8 Å². The Labute approximate surface area is 193 Å². The quantitative estimate of drug-likeness (QED) is 0.598. The average molecular weight is 452 g/mol. The molecule has 1 atom stereocenters. The summed E-state index contributed by atoms with van der Waals surface area (Å²) in [6, 6.07) is 18.7. The fourth-order valence-electron chi connectivity index (χ4n) is 3.95. The third kappa shape index (κ3) is 7.59. The van der Waals surface area contributed by atoms with Crippen LogP contribution in [0.25, 0.3) is 0 Å². The zero-order chi connectivity index (χ0) is 19.8. The van der Waals surface area contributed by atoms with Crippen LogP contribution in [0.3, 0.4) is 0 Å². The Kier molecular flexibility index (Phi) is 12.0. The number of carbonyl (C=O) groups is 1. The standard InChI is InChI=1S/C24H33N3O.2ClH/c1-3-25-18-22-11-7-8-12-23(22)26-24(28)19(2)27-15-13-21(14-16-27)17-20-9-5-4-6-10-20;;/h4-12,19,21,25H,3,13-18H2,1-2H3,(H,26,28);2*1H. The highest BCUT2D eigenvalue weighted by molar-refractivity contribution is 5.95. The fourth-order valence-corrected chi connectivity index (χ4v) is 3.95. The maximum Gasteiger partial charge on any atom is 0.241 e. The first-order valence-electron chi connectivity index (χ1n) is 10.5. The third-order valence-corrected chi connectivity index (χ3v) is 5.78. The van der Waals surface area contributed by atoms with Crippen LogP contribution < -0.4 is 10.6 Å². The molecule has 1 unspecified atom stereocenters. The van der Waals surface area contributed by atoms with Gasteiger partial charge >= 0.3 is 0 Å². The van der Waals surface area contributed by atoms with Gasteiger partial charge in [0.15, 0.2) is 0 Å². The molecule has 3 rings (SSSR count). The summed E-state index contributed by atoms with van der Waals surface area (Å²) in [5.41, 5.74) is 3.47. The van der Waals surface area contributed by atoms with Crippen molar-refractivity contribution < 1.29 is 4.79 Å². The first kappa shape index (κ1) is 26.4. The monoisotopic (exact) mass is 451 g/mol. The van der Waals surface area contributed by atoms with Crippen molar-refractivity contribution in [3.63, 3.8) is 0 Å². The number of piperidine rings is 1. The first-order chi connectivity index (χ1) is 13.7. The van der Waals surface area contributed by atoms with Crippen LogP contribution in [0.15, 0.2) is 54.6 Å². The van der Waals surface area contributed by atoms with E-state index in [0.29, 0.717) is 0 Å². The van der Waals surface area contributed by atoms with Crippen LogP contribution in [0, 0.1) is 5.92 Å². The highest BCUT2D eigenvalue weighted by Crippen LogP contribution is 2.23. The van der Waals surface area contributed by atoms with Crippen LogP contribution in [0.1, 0.15) is 37.8 Å². The molecule has 4 nitrogen and oxygen atoms in total. The molecule has 6 heteroatoms. The predicted octanol–water partition coefficient (Wildman–Crippen LogP) is 4.92. The molecule has 0 aromatic heterocycles. The first-order valence-corrected chi connectivity index (χ1v) is 10.5. The van der Waals surface area contributed by atoms with Crippen molar-refractivity contribution in [1.82, 2.24) is 10.2 Å². The van der Waals surface area contributed by atoms with Crippen molar-refractivity contribution in [3.8, 4) is 0 Å². The number of hydrogen-bond acceptors (Lipinski definition) is 3. The largest absolute Gasteiger partial charge is 0.324 e. The van der Waals surface area contributed by atoms with E-state index in [1.54, 1.807) is 0 Å². The number of amides is 1. The zero-order valence-corrected chi connectivity index (χ0v) is 19.6. The third-order valence-electron chi connectivity index (χ3n) is 5.78. The smallest absolute Gasteiger partial charge is 0.241 e. The van der Waals surface area contributed by atoms with E-state index in [-0.39, 0.29) is 36.8 Å². The summed E-state index contributed by atoms with van der Waals surface area (Å²) in [6.07, 6.45) is 3.46. The van der Waals surface area contributed by atoms with Crippen molar-refractivity contribution in [2.75, 3.05) is 25.0 Å². The zero-order valence-electron chi connectivity index (χ0n) is 18.0. The van der Waals surface area contributed by atoms with E-state index >= 15 is 0 Å². The molecule has 1 saturated heterocycles. The maximum atomic E-state index is 12.8. The summed E-state index contributed by atoms with van der Waals surface area (Å²) in [4.78, 5) is 15.2. The minimum Gasteiger partial charge on any atom is -0.324 e. The van der Waals surface area contributed by atoms with E-state index < -0.39 is 0 Å². The Morgan fingerprint density at radius 2 is 1.67 bits per heavy atom. The molecular weight excluding hydrogens is 417 g/mol. The van der Waals surface area contributed by atoms with Gasteiger partial charge in [0.2, 0.25) is 5.91 Å². The molecule has 0 bridgehead atoms. The van der Waals surface area contributed by atoms with E-state index in [9.17, 15) is 4.79 Å². The van der Waals surface area contributed by atoms with Gasteiger partial charge in [0, 0.05) is 12.2 Å². The van der Waals surface area contributed by atoms with Crippen molar-refractivity contribution >= 4 is 36.4 Å². The van der Waals surface area contributed by atoms with Crippen LogP contribution in [-0.4, -0.2) is 36.5 Å². The molecule has 1 aliphatic rings. The molecule has 1 aliphatic heterocycles. The van der Waals surface area contributed by atoms with E-state index in [4.69, 9.17) is 0 Å². The molecule has 166 valence electrons. The van der Waals surface area contributed by atoms with Gasteiger partial charge in [-0.3, -0.25) is 9.69 Å². The van der Waals surface area contributed by atoms with Gasteiger partial charge in [-0.2, -0.15) is 0 Å². The van der Waals surface area contributed by atoms with Crippen LogP contribution in [-0.2, 0) is 17.8 Å². The van der Waals surface area contributed by atoms with Crippen molar-refractivity contribution in [3.05, 3.63) is 65.7 Å². The molecule has 2 aromatic carbocycles. The fraction of sp³-hybridized carbons (Fsp3) is 0.458. The Morgan fingerprint density at radius 3 is 2.33 bits per heavy atom. The number of halogens is 2. The summed E-state index contributed by atoms with van der Waals surface area (Å²) < 4.78 is 0. The summed E-state index contributed by atoms with van der Waals surface area (Å²) >= 11 is 0. The van der Waals surface area contributed by atoms with E-state index in [2.05, 4.69) is 58.9 Å². The van der Waals surface area contributed by atoms with Crippen molar-refractivity contribution in [2.24, 2.45) is 5.92 Å². The lowest BCUT2D eigenvalue weighted by molar-refractivity contribution is -0.121. The van der Waals surface area contributed by atoms with Crippen molar-refractivity contribution in [1.29, 1.82) is 0 Å². The number of nitrogens with zero attached hydrogens (tertiary/aromatic N) is 1. The molecule has 0 radical (unpaired) electrons. The van der Waals surface area contributed by atoms with Gasteiger partial charge < -0.3 is 10.6 Å². The number of nitrogens with one attached hydrogen (secondary N) is 2. The molecule has 2 N–H and O–H groups in total. The summed E-state index contributed by atoms with van der Waals surface area (Å²) in [6.45, 7) is 7.78. The van der Waals surface area contributed by atoms with Gasteiger partial charge in [0.05, 0.1) is 6.04 Å². The highest BCUT2D eigenvalue weighted by atomic mass is 35.5. The molecule has 2 aromatic rings. The van der Waals surface area contributed by atoms with Gasteiger partial charge in [-0.25, -0.2) is 0 Å². The number of anilines is 1. The topological polar surface area (TPSA) is 44.4 Å². The Bertz CT molecular complexity index is 749. The van der Waals surface area contributed by atoms with E-state index in [1.807, 2.05) is 25.1 Å². The van der Waals surface area contributed by atoms with Crippen LogP contribution in [0.4, 0.5) is 5.69 Å². The minimum atomic E-state index is -0.107. The second kappa shape index (κ2) is 13.7. The number of likely N-dealkylation sites (tertiary alicyclic amines) is 1. The van der Waals surface area contributed by atoms with Crippen LogP contribution in [0.5, 0.6) is 0 Å². The molecule has 1 amide bonds. The number of benzene rings is 2. The second-order valence-electron chi connectivity index (χ2n) is 7.77. The normalized spacial score (nSPS) is 15.5. The van der Waals surface area contributed by atoms with Gasteiger partial charge in [-0.05, 0) is 68.9 Å². The molecule has 1 fully saturated rings. The molecule has 0 aliphatic carbocycles. The molecule has 0 saturated carbocycles. The van der Waals surface area contributed by atoms with Crippen molar-refractivity contribution in [2.45, 2.75) is 45.7 Å². The Hall–Kier alpha value is -1.59. The lowest BCUT2D eigenvalue weighted by atomic mass is 9.89. The Balaban J connectivity index is 0.00000225. The van der Waals surface area contributed by atoms with Gasteiger partial charge in [0.25, 0.3) is 0 Å². The SMILES string of the molecule is CCNCc1ccccc1NC(=O)C(C)N1CCC(Cc2ccccc2)CC1.Cl.Cl.